The predicted molar refractivity (Wildman–Crippen MR) is 85.9 cm³/mol. The van der Waals surface area contributed by atoms with E-state index in [2.05, 4.69) is 16.7 Å². The summed E-state index contributed by atoms with van der Waals surface area (Å²) in [6, 6.07) is 6.13. The summed E-state index contributed by atoms with van der Waals surface area (Å²) in [6.07, 6.45) is 0.822. The Bertz CT molecular complexity index is 451. The van der Waals surface area contributed by atoms with Crippen LogP contribution in [0.5, 0.6) is 5.75 Å². The fourth-order valence-corrected chi connectivity index (χ4v) is 2.98. The minimum Gasteiger partial charge on any atom is -0.496 e. The van der Waals surface area contributed by atoms with Gasteiger partial charge in [0.1, 0.15) is 5.75 Å². The number of ether oxygens (including phenoxy) is 1. The van der Waals surface area contributed by atoms with Gasteiger partial charge >= 0.3 is 0 Å². The topological polar surface area (TPSA) is 50.4 Å². The van der Waals surface area contributed by atoms with Crippen LogP contribution in [0.25, 0.3) is 0 Å². The summed E-state index contributed by atoms with van der Waals surface area (Å²) in [4.78, 5) is 11.8. The maximum atomic E-state index is 11.8. The Morgan fingerprint density at radius 2 is 2.35 bits per heavy atom. The number of amides is 1. The van der Waals surface area contributed by atoms with Crippen LogP contribution in [0.15, 0.2) is 18.2 Å². The molecule has 2 N–H and O–H groups in total. The number of carbonyl (C=O) groups excluding carboxylic acids is 1. The number of halogens is 1. The number of methoxy groups -OCH3 is 1. The number of aryl methyl sites for hydroxylation is 1. The molecule has 1 aromatic carbocycles. The number of hydrogen-bond acceptors (Lipinski definition) is 4. The molecule has 1 fully saturated rings. The molecule has 0 radical (unpaired) electrons. The van der Waals surface area contributed by atoms with Gasteiger partial charge in [-0.25, -0.2) is 0 Å². The van der Waals surface area contributed by atoms with Crippen molar-refractivity contribution in [1.82, 2.24) is 10.6 Å². The zero-order valence-corrected chi connectivity index (χ0v) is 13.4. The molecule has 1 aromatic rings. The lowest BCUT2D eigenvalue weighted by Gasteiger charge is -2.11. The molecule has 0 aromatic heterocycles. The number of thioether (sulfide) groups is 1. The molecule has 1 atom stereocenters. The quantitative estimate of drug-likeness (QED) is 0.869. The van der Waals surface area contributed by atoms with Gasteiger partial charge in [0.2, 0.25) is 5.91 Å². The van der Waals surface area contributed by atoms with E-state index in [1.165, 1.54) is 5.56 Å². The highest BCUT2D eigenvalue weighted by atomic mass is 35.5. The summed E-state index contributed by atoms with van der Waals surface area (Å²) in [6.45, 7) is 2.68. The third kappa shape index (κ3) is 4.58. The Kier molecular flexibility index (Phi) is 7.19. The van der Waals surface area contributed by atoms with Crippen LogP contribution in [0.2, 0.25) is 0 Å². The Morgan fingerprint density at radius 3 is 3.00 bits per heavy atom. The largest absolute Gasteiger partial charge is 0.496 e. The van der Waals surface area contributed by atoms with E-state index in [4.69, 9.17) is 4.74 Å². The van der Waals surface area contributed by atoms with E-state index in [0.717, 1.165) is 29.4 Å². The van der Waals surface area contributed by atoms with Crippen LogP contribution in [-0.4, -0.2) is 37.2 Å². The summed E-state index contributed by atoms with van der Waals surface area (Å²) in [7, 11) is 1.68. The molecule has 0 bridgehead atoms. The van der Waals surface area contributed by atoms with E-state index in [-0.39, 0.29) is 24.4 Å². The normalized spacial score (nSPS) is 17.4. The summed E-state index contributed by atoms with van der Waals surface area (Å²) >= 11 is 1.76. The SMILES string of the molecule is COc1cc(CCNC(=O)C2CSCN2)ccc1C.Cl. The number of nitrogens with one attached hydrogen (secondary N) is 2. The third-order valence-electron chi connectivity index (χ3n) is 3.22. The van der Waals surface area contributed by atoms with E-state index < -0.39 is 0 Å². The van der Waals surface area contributed by atoms with E-state index in [0.29, 0.717) is 6.54 Å². The van der Waals surface area contributed by atoms with Gasteiger partial charge in [-0.1, -0.05) is 12.1 Å². The second kappa shape index (κ2) is 8.39. The first kappa shape index (κ1) is 17.1. The lowest BCUT2D eigenvalue weighted by molar-refractivity contribution is -0.122. The number of benzene rings is 1. The monoisotopic (exact) mass is 316 g/mol. The fourth-order valence-electron chi connectivity index (χ4n) is 2.04. The van der Waals surface area contributed by atoms with Crippen molar-refractivity contribution >= 4 is 30.1 Å². The van der Waals surface area contributed by atoms with Crippen LogP contribution in [0.1, 0.15) is 11.1 Å². The molecular formula is C14H21ClN2O2S. The molecule has 1 saturated heterocycles. The molecule has 20 heavy (non-hydrogen) atoms. The summed E-state index contributed by atoms with van der Waals surface area (Å²) in [5.74, 6) is 2.74. The van der Waals surface area contributed by atoms with Gasteiger partial charge in [0.05, 0.1) is 13.2 Å². The lowest BCUT2D eigenvalue weighted by Crippen LogP contribution is -2.42. The van der Waals surface area contributed by atoms with Crippen LogP contribution in [0.3, 0.4) is 0 Å². The van der Waals surface area contributed by atoms with Crippen LogP contribution >= 0.6 is 24.2 Å². The molecule has 0 aliphatic carbocycles. The summed E-state index contributed by atoms with van der Waals surface area (Å²) < 4.78 is 5.29. The van der Waals surface area contributed by atoms with Crippen molar-refractivity contribution in [3.63, 3.8) is 0 Å². The first-order valence-corrected chi connectivity index (χ1v) is 7.58. The minimum atomic E-state index is -0.0300. The van der Waals surface area contributed by atoms with Crippen LogP contribution in [0.4, 0.5) is 0 Å². The maximum absolute atomic E-state index is 11.8. The Labute approximate surface area is 130 Å². The Hall–Kier alpha value is -0.910. The summed E-state index contributed by atoms with van der Waals surface area (Å²) in [5.41, 5.74) is 2.30. The average Bonchev–Trinajstić information content (AvgIpc) is 2.94. The number of hydrogen-bond donors (Lipinski definition) is 2. The van der Waals surface area contributed by atoms with Gasteiger partial charge in [-0.05, 0) is 30.5 Å². The van der Waals surface area contributed by atoms with Gasteiger partial charge in [-0.15, -0.1) is 24.2 Å². The van der Waals surface area contributed by atoms with Crippen LogP contribution in [0, 0.1) is 6.92 Å². The van der Waals surface area contributed by atoms with Gasteiger partial charge in [0, 0.05) is 18.2 Å². The Balaban J connectivity index is 0.00000200. The fraction of sp³-hybridized carbons (Fsp3) is 0.500. The first-order valence-electron chi connectivity index (χ1n) is 6.43. The molecule has 4 nitrogen and oxygen atoms in total. The zero-order valence-electron chi connectivity index (χ0n) is 11.8. The molecule has 0 saturated carbocycles. The van der Waals surface area contributed by atoms with E-state index in [1.54, 1.807) is 18.9 Å². The first-order chi connectivity index (χ1) is 9.20. The van der Waals surface area contributed by atoms with E-state index in [1.807, 2.05) is 19.1 Å². The van der Waals surface area contributed by atoms with Gasteiger partial charge in [0.25, 0.3) is 0 Å². The van der Waals surface area contributed by atoms with Crippen molar-refractivity contribution in [3.8, 4) is 5.75 Å². The third-order valence-corrected chi connectivity index (χ3v) is 4.16. The zero-order chi connectivity index (χ0) is 13.7. The molecular weight excluding hydrogens is 296 g/mol. The molecule has 1 aliphatic heterocycles. The molecule has 0 spiro atoms. The highest BCUT2D eigenvalue weighted by Crippen LogP contribution is 2.19. The number of rotatable bonds is 5. The van der Waals surface area contributed by atoms with E-state index in [9.17, 15) is 4.79 Å². The number of carbonyl (C=O) groups is 1. The van der Waals surface area contributed by atoms with Crippen molar-refractivity contribution < 1.29 is 9.53 Å². The predicted octanol–water partition coefficient (Wildman–Crippen LogP) is 1.75. The molecule has 1 amide bonds. The van der Waals surface area contributed by atoms with E-state index >= 15 is 0 Å². The minimum absolute atomic E-state index is 0. The molecule has 6 heteroatoms. The highest BCUT2D eigenvalue weighted by molar-refractivity contribution is 7.99. The van der Waals surface area contributed by atoms with Gasteiger partial charge < -0.3 is 10.1 Å². The van der Waals surface area contributed by atoms with Crippen molar-refractivity contribution in [3.05, 3.63) is 29.3 Å². The highest BCUT2D eigenvalue weighted by Gasteiger charge is 2.21. The molecule has 1 heterocycles. The van der Waals surface area contributed by atoms with Gasteiger partial charge in [0.15, 0.2) is 0 Å². The summed E-state index contributed by atoms with van der Waals surface area (Å²) in [5, 5.41) is 6.13. The van der Waals surface area contributed by atoms with Gasteiger partial charge in [-0.3, -0.25) is 10.1 Å². The van der Waals surface area contributed by atoms with Crippen LogP contribution in [-0.2, 0) is 11.2 Å². The molecule has 112 valence electrons. The Morgan fingerprint density at radius 1 is 1.55 bits per heavy atom. The molecule has 1 aliphatic rings. The average molecular weight is 317 g/mol. The molecule has 1 unspecified atom stereocenters. The van der Waals surface area contributed by atoms with Crippen molar-refractivity contribution in [2.75, 3.05) is 25.3 Å². The second-order valence-corrected chi connectivity index (χ2v) is 5.65. The maximum Gasteiger partial charge on any atom is 0.238 e. The van der Waals surface area contributed by atoms with Crippen molar-refractivity contribution in [2.45, 2.75) is 19.4 Å². The smallest absolute Gasteiger partial charge is 0.238 e. The second-order valence-electron chi connectivity index (χ2n) is 4.62. The standard InChI is InChI=1S/C14H20N2O2S.ClH/c1-10-3-4-11(7-13(10)18-2)5-6-15-14(17)12-8-19-9-16-12;/h3-4,7,12,16H,5-6,8-9H2,1-2H3,(H,15,17);1H. The van der Waals surface area contributed by atoms with Crippen molar-refractivity contribution in [1.29, 1.82) is 0 Å². The molecule has 2 rings (SSSR count). The van der Waals surface area contributed by atoms with Gasteiger partial charge in [-0.2, -0.15) is 0 Å². The van der Waals surface area contributed by atoms with Crippen LogP contribution < -0.4 is 15.4 Å². The van der Waals surface area contributed by atoms with Crippen molar-refractivity contribution in [2.24, 2.45) is 0 Å². The lowest BCUT2D eigenvalue weighted by atomic mass is 10.1.